The molecule has 5 rings (SSSR count). The van der Waals surface area contributed by atoms with Gasteiger partial charge in [0.15, 0.2) is 0 Å². The normalized spacial score (nSPS) is 16.9. The van der Waals surface area contributed by atoms with Crippen molar-refractivity contribution in [1.82, 2.24) is 14.1 Å². The number of amides is 1. The molecule has 0 atom stereocenters. The summed E-state index contributed by atoms with van der Waals surface area (Å²) in [4.78, 5) is 32.2. The summed E-state index contributed by atoms with van der Waals surface area (Å²) < 4.78 is 4.31. The predicted octanol–water partition coefficient (Wildman–Crippen LogP) is 4.36. The number of nitrogens with zero attached hydrogens (tertiary/aromatic N) is 4. The second-order valence-electron chi connectivity index (χ2n) is 9.63. The minimum Gasteiger partial charge on any atom is -0.339 e. The van der Waals surface area contributed by atoms with E-state index < -0.39 is 0 Å². The molecule has 3 aromatic rings. The van der Waals surface area contributed by atoms with Gasteiger partial charge in [-0.25, -0.2) is 4.98 Å². The van der Waals surface area contributed by atoms with Crippen molar-refractivity contribution in [3.05, 3.63) is 67.9 Å². The van der Waals surface area contributed by atoms with E-state index >= 15 is 0 Å². The SMILES string of the molecule is CCc1c(-c2cc(Br)c(=O)n(C)c2)ccnc1N1CCn2c(cc3c2CC(C)(C)C3)C1=O. The minimum absolute atomic E-state index is 0.0180. The minimum atomic E-state index is -0.0794. The van der Waals surface area contributed by atoms with Gasteiger partial charge in [0, 0.05) is 43.8 Å². The zero-order chi connectivity index (χ0) is 22.8. The Kier molecular flexibility index (Phi) is 4.93. The average molecular weight is 495 g/mol. The summed E-state index contributed by atoms with van der Waals surface area (Å²) in [5.41, 5.74) is 6.53. The number of carbonyl (C=O) groups is 1. The Labute approximate surface area is 196 Å². The molecule has 32 heavy (non-hydrogen) atoms. The molecular formula is C25H27BrN4O2. The molecule has 0 fully saturated rings. The average Bonchev–Trinajstić information content (AvgIpc) is 3.23. The molecule has 0 bridgehead atoms. The molecular weight excluding hydrogens is 468 g/mol. The predicted molar refractivity (Wildman–Crippen MR) is 129 cm³/mol. The summed E-state index contributed by atoms with van der Waals surface area (Å²) in [5, 5.41) is 0. The van der Waals surface area contributed by atoms with Crippen molar-refractivity contribution in [2.75, 3.05) is 11.4 Å². The maximum Gasteiger partial charge on any atom is 0.276 e. The maximum absolute atomic E-state index is 13.6. The van der Waals surface area contributed by atoms with E-state index in [1.54, 1.807) is 17.8 Å². The second-order valence-corrected chi connectivity index (χ2v) is 10.5. The van der Waals surface area contributed by atoms with Crippen LogP contribution in [0.2, 0.25) is 0 Å². The second kappa shape index (κ2) is 7.44. The molecule has 0 saturated heterocycles. The molecule has 7 heteroatoms. The van der Waals surface area contributed by atoms with Crippen LogP contribution in [0.1, 0.15) is 48.1 Å². The summed E-state index contributed by atoms with van der Waals surface area (Å²) in [6, 6.07) is 5.90. The lowest BCUT2D eigenvalue weighted by atomic mass is 9.90. The Hall–Kier alpha value is -2.67. The van der Waals surface area contributed by atoms with Gasteiger partial charge in [0.05, 0.1) is 4.47 Å². The lowest BCUT2D eigenvalue weighted by Gasteiger charge is -2.31. The van der Waals surface area contributed by atoms with Gasteiger partial charge in [-0.05, 0) is 75.5 Å². The highest BCUT2D eigenvalue weighted by atomic mass is 79.9. The van der Waals surface area contributed by atoms with E-state index in [2.05, 4.69) is 52.3 Å². The monoisotopic (exact) mass is 494 g/mol. The Bertz CT molecular complexity index is 1290. The Morgan fingerprint density at radius 2 is 1.94 bits per heavy atom. The van der Waals surface area contributed by atoms with Crippen LogP contribution in [0.15, 0.2) is 39.9 Å². The van der Waals surface area contributed by atoms with Crippen LogP contribution in [0.4, 0.5) is 5.82 Å². The fourth-order valence-electron chi connectivity index (χ4n) is 5.26. The highest BCUT2D eigenvalue weighted by Gasteiger charge is 2.37. The zero-order valence-corrected chi connectivity index (χ0v) is 20.5. The summed E-state index contributed by atoms with van der Waals surface area (Å²) in [6.07, 6.45) is 6.36. The molecule has 6 nitrogen and oxygen atoms in total. The van der Waals surface area contributed by atoms with Crippen LogP contribution in [0.3, 0.4) is 0 Å². The first-order valence-corrected chi connectivity index (χ1v) is 11.9. The third kappa shape index (κ3) is 3.25. The standard InChI is InChI=1S/C25H27BrN4O2/c1-5-17-18(16-10-19(26)23(31)28(4)14-16)6-7-27-22(17)30-9-8-29-20(24(30)32)11-15-12-25(2,3)13-21(15)29/h6-7,10-11,14H,5,8-9,12-13H2,1-4H3. The first-order valence-electron chi connectivity index (χ1n) is 11.1. The van der Waals surface area contributed by atoms with Crippen molar-refractivity contribution in [1.29, 1.82) is 0 Å². The van der Waals surface area contributed by atoms with Gasteiger partial charge in [-0.2, -0.15) is 0 Å². The van der Waals surface area contributed by atoms with Crippen LogP contribution < -0.4 is 10.5 Å². The van der Waals surface area contributed by atoms with Crippen LogP contribution in [-0.4, -0.2) is 26.6 Å². The maximum atomic E-state index is 13.6. The van der Waals surface area contributed by atoms with Gasteiger partial charge in [0.2, 0.25) is 0 Å². The topological polar surface area (TPSA) is 60.1 Å². The molecule has 0 radical (unpaired) electrons. The molecule has 1 aliphatic heterocycles. The first kappa shape index (κ1) is 21.2. The largest absolute Gasteiger partial charge is 0.339 e. The molecule has 4 heterocycles. The number of carbonyl (C=O) groups excluding carboxylic acids is 1. The summed E-state index contributed by atoms with van der Waals surface area (Å²) in [7, 11) is 1.74. The molecule has 166 valence electrons. The number of aromatic nitrogens is 3. The number of anilines is 1. The molecule has 2 aliphatic rings. The summed E-state index contributed by atoms with van der Waals surface area (Å²) in [6.45, 7) is 8.05. The third-order valence-corrected chi connectivity index (χ3v) is 7.29. The van der Waals surface area contributed by atoms with Gasteiger partial charge >= 0.3 is 0 Å². The third-order valence-electron chi connectivity index (χ3n) is 6.72. The van der Waals surface area contributed by atoms with E-state index in [9.17, 15) is 9.59 Å². The van der Waals surface area contributed by atoms with Crippen molar-refractivity contribution in [2.45, 2.75) is 46.6 Å². The van der Waals surface area contributed by atoms with Crippen molar-refractivity contribution >= 4 is 27.7 Å². The molecule has 1 aliphatic carbocycles. The number of aryl methyl sites for hydroxylation is 1. The van der Waals surface area contributed by atoms with Crippen molar-refractivity contribution in [2.24, 2.45) is 12.5 Å². The lowest BCUT2D eigenvalue weighted by molar-refractivity contribution is 0.0963. The number of pyridine rings is 2. The highest BCUT2D eigenvalue weighted by molar-refractivity contribution is 9.10. The molecule has 0 aromatic carbocycles. The van der Waals surface area contributed by atoms with E-state index in [1.165, 1.54) is 11.3 Å². The van der Waals surface area contributed by atoms with Crippen LogP contribution in [0.5, 0.6) is 0 Å². The lowest BCUT2D eigenvalue weighted by Crippen LogP contribution is -2.41. The number of rotatable bonds is 3. The Morgan fingerprint density at radius 1 is 1.16 bits per heavy atom. The molecule has 3 aromatic heterocycles. The van der Waals surface area contributed by atoms with Crippen LogP contribution in [-0.2, 0) is 32.9 Å². The van der Waals surface area contributed by atoms with Crippen LogP contribution in [0.25, 0.3) is 11.1 Å². The van der Waals surface area contributed by atoms with Crippen LogP contribution >= 0.6 is 15.9 Å². The van der Waals surface area contributed by atoms with Gasteiger partial charge in [-0.3, -0.25) is 14.5 Å². The van der Waals surface area contributed by atoms with E-state index in [4.69, 9.17) is 0 Å². The van der Waals surface area contributed by atoms with Crippen molar-refractivity contribution < 1.29 is 4.79 Å². The van der Waals surface area contributed by atoms with Crippen molar-refractivity contribution in [3.8, 4) is 11.1 Å². The summed E-state index contributed by atoms with van der Waals surface area (Å²) >= 11 is 3.38. The number of hydrogen-bond acceptors (Lipinski definition) is 3. The Balaban J connectivity index is 1.57. The van der Waals surface area contributed by atoms with E-state index in [1.807, 2.05) is 23.2 Å². The smallest absolute Gasteiger partial charge is 0.276 e. The highest BCUT2D eigenvalue weighted by Crippen LogP contribution is 2.40. The molecule has 1 amide bonds. The fourth-order valence-corrected chi connectivity index (χ4v) is 5.79. The van der Waals surface area contributed by atoms with E-state index in [0.717, 1.165) is 48.2 Å². The molecule has 0 saturated carbocycles. The van der Waals surface area contributed by atoms with E-state index in [-0.39, 0.29) is 16.9 Å². The zero-order valence-electron chi connectivity index (χ0n) is 18.9. The molecule has 0 unspecified atom stereocenters. The van der Waals surface area contributed by atoms with Gasteiger partial charge in [0.25, 0.3) is 11.5 Å². The first-order chi connectivity index (χ1) is 15.2. The fraction of sp³-hybridized carbons (Fsp3) is 0.400. The van der Waals surface area contributed by atoms with E-state index in [0.29, 0.717) is 16.8 Å². The number of halogens is 1. The van der Waals surface area contributed by atoms with Gasteiger partial charge in [-0.15, -0.1) is 0 Å². The number of hydrogen-bond donors (Lipinski definition) is 0. The van der Waals surface area contributed by atoms with Crippen molar-refractivity contribution in [3.63, 3.8) is 0 Å². The quantitative estimate of drug-likeness (QED) is 0.543. The van der Waals surface area contributed by atoms with Crippen LogP contribution in [0, 0.1) is 5.41 Å². The number of fused-ring (bicyclic) bond motifs is 3. The van der Waals surface area contributed by atoms with Gasteiger partial charge in [-0.1, -0.05) is 20.8 Å². The molecule has 0 N–H and O–H groups in total. The molecule has 0 spiro atoms. The summed E-state index contributed by atoms with van der Waals surface area (Å²) in [5.74, 6) is 0.734. The van der Waals surface area contributed by atoms with Gasteiger partial charge < -0.3 is 9.13 Å². The van der Waals surface area contributed by atoms with Gasteiger partial charge in [0.1, 0.15) is 11.5 Å². The Morgan fingerprint density at radius 3 is 2.66 bits per heavy atom.